The van der Waals surface area contributed by atoms with Crippen molar-refractivity contribution in [3.05, 3.63) is 35.1 Å². The zero-order valence-electron chi connectivity index (χ0n) is 19.5. The van der Waals surface area contributed by atoms with Gasteiger partial charge in [0.2, 0.25) is 15.9 Å². The second-order valence-corrected chi connectivity index (χ2v) is 10.6. The van der Waals surface area contributed by atoms with Crippen LogP contribution in [-0.2, 0) is 30.8 Å². The van der Waals surface area contributed by atoms with Crippen LogP contribution in [0.25, 0.3) is 0 Å². The van der Waals surface area contributed by atoms with E-state index >= 15 is 0 Å². The monoisotopic (exact) mass is 521 g/mol. The van der Waals surface area contributed by atoms with Gasteiger partial charge in [0.15, 0.2) is 11.6 Å². The van der Waals surface area contributed by atoms with Crippen LogP contribution in [0.15, 0.2) is 12.1 Å². The zero-order chi connectivity index (χ0) is 25.8. The van der Waals surface area contributed by atoms with Crippen molar-refractivity contribution in [2.75, 3.05) is 65.3 Å². The molecule has 0 spiro atoms. The van der Waals surface area contributed by atoms with Crippen LogP contribution in [0.3, 0.4) is 0 Å². The van der Waals surface area contributed by atoms with Crippen molar-refractivity contribution in [2.45, 2.75) is 18.9 Å². The largest absolute Gasteiger partial charge is 0.379 e. The molecule has 0 radical (unpaired) electrons. The fraction of sp³-hybridized carbons (Fsp3) is 0.619. The Morgan fingerprint density at radius 1 is 0.943 bits per heavy atom. The van der Waals surface area contributed by atoms with Gasteiger partial charge >= 0.3 is 0 Å². The van der Waals surface area contributed by atoms with Crippen molar-refractivity contribution in [3.8, 4) is 0 Å². The summed E-state index contributed by atoms with van der Waals surface area (Å²) in [5, 5.41) is 2.41. The molecule has 2 amide bonds. The number of halogens is 3. The number of sulfonamides is 1. The lowest BCUT2D eigenvalue weighted by Crippen LogP contribution is -2.54. The SMILES string of the molecule is CS(=O)(=O)N1CCN(C(=O)C[C@H](N)Cc2cc(F)c(F)cc2F)N(C(=O)CN2CCOCC2)CC1. The summed E-state index contributed by atoms with van der Waals surface area (Å²) < 4.78 is 71.3. The number of hydrogen-bond donors (Lipinski definition) is 1. The molecular weight excluding hydrogens is 491 g/mol. The third-order valence-electron chi connectivity index (χ3n) is 5.93. The van der Waals surface area contributed by atoms with Crippen LogP contribution in [0.1, 0.15) is 12.0 Å². The Morgan fingerprint density at radius 2 is 1.51 bits per heavy atom. The van der Waals surface area contributed by atoms with Crippen LogP contribution in [0.5, 0.6) is 0 Å². The van der Waals surface area contributed by atoms with Crippen LogP contribution in [0.2, 0.25) is 0 Å². The fourth-order valence-electron chi connectivity index (χ4n) is 4.05. The zero-order valence-corrected chi connectivity index (χ0v) is 20.3. The number of carbonyl (C=O) groups is 2. The second kappa shape index (κ2) is 11.6. The van der Waals surface area contributed by atoms with E-state index in [1.807, 2.05) is 4.90 Å². The standard InChI is InChI=1S/C21H30F3N5O5S/c1-35(32,33)27-2-4-28(29(5-3-27)21(31)14-26-6-8-34-9-7-26)20(30)12-16(25)10-15-11-18(23)19(24)13-17(15)22/h11,13,16H,2-10,12,14,25H2,1H3/t16-/m1/s1. The third-order valence-corrected chi connectivity index (χ3v) is 7.23. The van der Waals surface area contributed by atoms with E-state index in [1.165, 1.54) is 14.3 Å². The molecular formula is C21H30F3N5O5S. The predicted molar refractivity (Wildman–Crippen MR) is 120 cm³/mol. The molecule has 2 saturated heterocycles. The average Bonchev–Trinajstić information content (AvgIpc) is 3.01. The Balaban J connectivity index is 1.72. The van der Waals surface area contributed by atoms with Gasteiger partial charge < -0.3 is 10.5 Å². The van der Waals surface area contributed by atoms with Gasteiger partial charge in [0, 0.05) is 44.7 Å². The molecule has 0 unspecified atom stereocenters. The lowest BCUT2D eigenvalue weighted by Gasteiger charge is -2.35. The molecule has 2 aliphatic rings. The summed E-state index contributed by atoms with van der Waals surface area (Å²) in [6.45, 7) is 1.98. The van der Waals surface area contributed by atoms with Crippen molar-refractivity contribution in [1.82, 2.24) is 19.2 Å². The highest BCUT2D eigenvalue weighted by Crippen LogP contribution is 2.17. The van der Waals surface area contributed by atoms with E-state index < -0.39 is 39.4 Å². The smallest absolute Gasteiger partial charge is 0.255 e. The van der Waals surface area contributed by atoms with Gasteiger partial charge in [-0.2, -0.15) is 4.31 Å². The first kappa shape index (κ1) is 27.3. The number of ether oxygens (including phenoxy) is 1. The Labute approximate surface area is 202 Å². The minimum absolute atomic E-state index is 0.0149. The quantitative estimate of drug-likeness (QED) is 0.483. The molecule has 2 N–H and O–H groups in total. The number of rotatable bonds is 7. The lowest BCUT2D eigenvalue weighted by molar-refractivity contribution is -0.164. The number of nitrogens with zero attached hydrogens (tertiary/aromatic N) is 4. The van der Waals surface area contributed by atoms with Crippen LogP contribution >= 0.6 is 0 Å². The Morgan fingerprint density at radius 3 is 2.11 bits per heavy atom. The first-order chi connectivity index (χ1) is 16.5. The van der Waals surface area contributed by atoms with Crippen molar-refractivity contribution in [1.29, 1.82) is 0 Å². The lowest BCUT2D eigenvalue weighted by atomic mass is 10.0. The van der Waals surface area contributed by atoms with Crippen LogP contribution in [-0.4, -0.2) is 111 Å². The van der Waals surface area contributed by atoms with E-state index in [2.05, 4.69) is 0 Å². The van der Waals surface area contributed by atoms with Crippen molar-refractivity contribution < 1.29 is 35.9 Å². The number of hydrazine groups is 1. The Kier molecular flexibility index (Phi) is 9.10. The topological polar surface area (TPSA) is 116 Å². The molecule has 14 heteroatoms. The molecule has 1 aromatic rings. The average molecular weight is 522 g/mol. The third kappa shape index (κ3) is 7.36. The Bertz CT molecular complexity index is 1040. The van der Waals surface area contributed by atoms with Crippen LogP contribution < -0.4 is 5.73 Å². The summed E-state index contributed by atoms with van der Waals surface area (Å²) in [4.78, 5) is 28.1. The van der Waals surface area contributed by atoms with Crippen molar-refractivity contribution in [3.63, 3.8) is 0 Å². The van der Waals surface area contributed by atoms with E-state index in [1.54, 1.807) is 0 Å². The summed E-state index contributed by atoms with van der Waals surface area (Å²) in [7, 11) is -3.55. The molecule has 0 aliphatic carbocycles. The van der Waals surface area contributed by atoms with Crippen molar-refractivity contribution >= 4 is 21.8 Å². The molecule has 0 saturated carbocycles. The van der Waals surface area contributed by atoms with Gasteiger partial charge in [-0.1, -0.05) is 0 Å². The van der Waals surface area contributed by atoms with E-state index in [0.717, 1.165) is 6.26 Å². The van der Waals surface area contributed by atoms with Gasteiger partial charge in [0.1, 0.15) is 5.82 Å². The molecule has 35 heavy (non-hydrogen) atoms. The van der Waals surface area contributed by atoms with Gasteiger partial charge in [-0.25, -0.2) is 26.6 Å². The normalized spacial score (nSPS) is 19.5. The number of nitrogens with two attached hydrogens (primary N) is 1. The number of hydrogen-bond acceptors (Lipinski definition) is 7. The van der Waals surface area contributed by atoms with Gasteiger partial charge in [-0.15, -0.1) is 0 Å². The maximum absolute atomic E-state index is 14.0. The maximum atomic E-state index is 14.0. The van der Waals surface area contributed by atoms with Crippen molar-refractivity contribution in [2.24, 2.45) is 5.73 Å². The summed E-state index contributed by atoms with van der Waals surface area (Å²) in [5.74, 6) is -4.48. The number of carbonyl (C=O) groups excluding carboxylic acids is 2. The number of amides is 2. The minimum atomic E-state index is -3.55. The maximum Gasteiger partial charge on any atom is 0.255 e. The Hall–Kier alpha value is -2.26. The van der Waals surface area contributed by atoms with Gasteiger partial charge in [-0.3, -0.25) is 19.5 Å². The molecule has 2 heterocycles. The highest BCUT2D eigenvalue weighted by Gasteiger charge is 2.33. The first-order valence-electron chi connectivity index (χ1n) is 11.2. The van der Waals surface area contributed by atoms with Gasteiger partial charge in [0.25, 0.3) is 5.91 Å². The van der Waals surface area contributed by atoms with Gasteiger partial charge in [-0.05, 0) is 18.1 Å². The molecule has 1 aromatic carbocycles. The predicted octanol–water partition coefficient (Wildman–Crippen LogP) is -0.457. The minimum Gasteiger partial charge on any atom is -0.379 e. The van der Waals surface area contributed by atoms with E-state index in [-0.39, 0.29) is 57.0 Å². The molecule has 2 fully saturated rings. The highest BCUT2D eigenvalue weighted by atomic mass is 32.2. The van der Waals surface area contributed by atoms with E-state index in [0.29, 0.717) is 38.4 Å². The molecule has 1 atom stereocenters. The molecule has 0 aromatic heterocycles. The fourth-order valence-corrected chi connectivity index (χ4v) is 4.88. The summed E-state index contributed by atoms with van der Waals surface area (Å²) in [6.07, 6.45) is 0.495. The van der Waals surface area contributed by atoms with Gasteiger partial charge in [0.05, 0.1) is 39.1 Å². The van der Waals surface area contributed by atoms with E-state index in [9.17, 15) is 31.2 Å². The van der Waals surface area contributed by atoms with Crippen LogP contribution in [0.4, 0.5) is 13.2 Å². The van der Waals surface area contributed by atoms with E-state index in [4.69, 9.17) is 10.5 Å². The summed E-state index contributed by atoms with van der Waals surface area (Å²) >= 11 is 0. The summed E-state index contributed by atoms with van der Waals surface area (Å²) in [6, 6.07) is 0.162. The molecule has 3 rings (SSSR count). The number of benzene rings is 1. The summed E-state index contributed by atoms with van der Waals surface area (Å²) in [5.41, 5.74) is 5.84. The molecule has 196 valence electrons. The first-order valence-corrected chi connectivity index (χ1v) is 13.1. The van der Waals surface area contributed by atoms with Crippen LogP contribution in [0, 0.1) is 17.5 Å². The molecule has 2 aliphatic heterocycles. The highest BCUT2D eigenvalue weighted by molar-refractivity contribution is 7.88. The molecule has 0 bridgehead atoms. The number of morpholine rings is 1. The second-order valence-electron chi connectivity index (χ2n) is 8.61. The molecule has 10 nitrogen and oxygen atoms in total.